The van der Waals surface area contributed by atoms with E-state index in [0.29, 0.717) is 18.7 Å². The van der Waals surface area contributed by atoms with Gasteiger partial charge in [-0.2, -0.15) is 0 Å². The van der Waals surface area contributed by atoms with E-state index in [2.05, 4.69) is 5.32 Å². The average molecular weight is 209 g/mol. The summed E-state index contributed by atoms with van der Waals surface area (Å²) < 4.78 is 0. The number of carboxylic acids is 1. The quantitative estimate of drug-likeness (QED) is 0.672. The Bertz CT molecular complexity index is 336. The molecule has 4 nitrogen and oxygen atoms in total. The third-order valence-electron chi connectivity index (χ3n) is 2.00. The molecule has 0 bridgehead atoms. The second-order valence-corrected chi connectivity index (χ2v) is 3.44. The minimum Gasteiger partial charge on any atom is -0.478 e. The van der Waals surface area contributed by atoms with Crippen LogP contribution >= 0.6 is 0 Å². The maximum atomic E-state index is 10.8. The molecule has 1 unspecified atom stereocenters. The molecule has 0 fully saturated rings. The first-order chi connectivity index (χ1) is 7.11. The van der Waals surface area contributed by atoms with Crippen molar-refractivity contribution in [2.75, 3.05) is 6.54 Å². The van der Waals surface area contributed by atoms with E-state index in [9.17, 15) is 4.79 Å². The van der Waals surface area contributed by atoms with Crippen molar-refractivity contribution in [3.8, 4) is 0 Å². The molecule has 1 aromatic carbocycles. The van der Waals surface area contributed by atoms with Crippen molar-refractivity contribution in [3.63, 3.8) is 0 Å². The maximum absolute atomic E-state index is 10.8. The van der Waals surface area contributed by atoms with E-state index >= 15 is 0 Å². The highest BCUT2D eigenvalue weighted by atomic mass is 16.4. The molecular weight excluding hydrogens is 194 g/mol. The van der Waals surface area contributed by atoms with E-state index in [0.717, 1.165) is 5.56 Å². The molecule has 3 N–H and O–H groups in total. The van der Waals surface area contributed by atoms with Gasteiger partial charge in [0.1, 0.15) is 0 Å². The molecule has 4 heteroatoms. The maximum Gasteiger partial charge on any atom is 0.336 e. The van der Waals surface area contributed by atoms with Crippen LogP contribution in [0.4, 0.5) is 0 Å². The van der Waals surface area contributed by atoms with E-state index in [1.807, 2.05) is 0 Å². The summed E-state index contributed by atoms with van der Waals surface area (Å²) in [5.41, 5.74) is 1.03. The summed E-state index contributed by atoms with van der Waals surface area (Å²) in [7, 11) is 0. The number of nitrogens with one attached hydrogen (secondary N) is 1. The number of hydrogen-bond donors (Lipinski definition) is 3. The molecule has 0 heterocycles. The topological polar surface area (TPSA) is 69.6 Å². The molecule has 1 rings (SSSR count). The Balaban J connectivity index is 2.63. The molecule has 82 valence electrons. The summed E-state index contributed by atoms with van der Waals surface area (Å²) >= 11 is 0. The van der Waals surface area contributed by atoms with Crippen LogP contribution in [0.2, 0.25) is 0 Å². The standard InChI is InChI=1S/C11H15NO3/c1-8(13)6-12-7-9-4-2-3-5-10(9)11(14)15/h2-5,8,12-13H,6-7H2,1H3,(H,14,15). The molecule has 15 heavy (non-hydrogen) atoms. The number of aliphatic hydroxyl groups is 1. The third kappa shape index (κ3) is 3.69. The molecular formula is C11H15NO3. The average Bonchev–Trinajstić information content (AvgIpc) is 2.17. The fourth-order valence-electron chi connectivity index (χ4n) is 1.30. The molecule has 1 atom stereocenters. The van der Waals surface area contributed by atoms with Gasteiger partial charge in [0.15, 0.2) is 0 Å². The summed E-state index contributed by atoms with van der Waals surface area (Å²) in [6.45, 7) is 2.58. The third-order valence-corrected chi connectivity index (χ3v) is 2.00. The lowest BCUT2D eigenvalue weighted by Crippen LogP contribution is -2.24. The van der Waals surface area contributed by atoms with Crippen molar-refractivity contribution < 1.29 is 15.0 Å². The van der Waals surface area contributed by atoms with Gasteiger partial charge in [0.25, 0.3) is 0 Å². The van der Waals surface area contributed by atoms with Crippen LogP contribution in [0.15, 0.2) is 24.3 Å². The Hall–Kier alpha value is -1.39. The van der Waals surface area contributed by atoms with Gasteiger partial charge in [-0.1, -0.05) is 18.2 Å². The highest BCUT2D eigenvalue weighted by Crippen LogP contribution is 2.08. The van der Waals surface area contributed by atoms with Crippen LogP contribution in [0, 0.1) is 0 Å². The van der Waals surface area contributed by atoms with Crippen LogP contribution < -0.4 is 5.32 Å². The second kappa shape index (κ2) is 5.48. The first-order valence-electron chi connectivity index (χ1n) is 4.81. The fraction of sp³-hybridized carbons (Fsp3) is 0.364. The van der Waals surface area contributed by atoms with Crippen LogP contribution in [0.5, 0.6) is 0 Å². The van der Waals surface area contributed by atoms with Crippen LogP contribution in [-0.2, 0) is 6.54 Å². The van der Waals surface area contributed by atoms with E-state index in [-0.39, 0.29) is 0 Å². The molecule has 0 aliphatic rings. The summed E-state index contributed by atoms with van der Waals surface area (Å²) in [6, 6.07) is 6.83. The van der Waals surface area contributed by atoms with Gasteiger partial charge in [0, 0.05) is 13.1 Å². The van der Waals surface area contributed by atoms with Gasteiger partial charge in [-0.25, -0.2) is 4.79 Å². The van der Waals surface area contributed by atoms with Crippen molar-refractivity contribution in [3.05, 3.63) is 35.4 Å². The number of hydrogen-bond acceptors (Lipinski definition) is 3. The highest BCUT2D eigenvalue weighted by molar-refractivity contribution is 5.89. The minimum atomic E-state index is -0.926. The zero-order valence-electron chi connectivity index (χ0n) is 8.60. The Kier molecular flexibility index (Phi) is 4.27. The molecule has 0 aliphatic carbocycles. The number of carboxylic acid groups (broad SMARTS) is 1. The fourth-order valence-corrected chi connectivity index (χ4v) is 1.30. The monoisotopic (exact) mass is 209 g/mol. The van der Waals surface area contributed by atoms with Crippen molar-refractivity contribution in [2.24, 2.45) is 0 Å². The van der Waals surface area contributed by atoms with Gasteiger partial charge >= 0.3 is 5.97 Å². The van der Waals surface area contributed by atoms with Gasteiger partial charge in [-0.15, -0.1) is 0 Å². The first-order valence-corrected chi connectivity index (χ1v) is 4.81. The van der Waals surface area contributed by atoms with Crippen molar-refractivity contribution in [2.45, 2.75) is 19.6 Å². The second-order valence-electron chi connectivity index (χ2n) is 3.44. The van der Waals surface area contributed by atoms with Crippen LogP contribution in [-0.4, -0.2) is 28.8 Å². The van der Waals surface area contributed by atoms with Crippen molar-refractivity contribution in [1.29, 1.82) is 0 Å². The normalized spacial score (nSPS) is 12.4. The summed E-state index contributed by atoms with van der Waals surface area (Å²) in [5, 5.41) is 20.9. The van der Waals surface area contributed by atoms with Gasteiger partial charge in [0.2, 0.25) is 0 Å². The lowest BCUT2D eigenvalue weighted by atomic mass is 10.1. The molecule has 0 saturated heterocycles. The van der Waals surface area contributed by atoms with Gasteiger partial charge < -0.3 is 15.5 Å². The SMILES string of the molecule is CC(O)CNCc1ccccc1C(=O)O. The van der Waals surface area contributed by atoms with Gasteiger partial charge in [0.05, 0.1) is 11.7 Å². The minimum absolute atomic E-state index is 0.301. The molecule has 0 radical (unpaired) electrons. The molecule has 1 aromatic rings. The van der Waals surface area contributed by atoms with Crippen LogP contribution in [0.3, 0.4) is 0 Å². The van der Waals surface area contributed by atoms with E-state index in [4.69, 9.17) is 10.2 Å². The van der Waals surface area contributed by atoms with Gasteiger partial charge in [-0.3, -0.25) is 0 Å². The smallest absolute Gasteiger partial charge is 0.336 e. The van der Waals surface area contributed by atoms with Crippen LogP contribution in [0.1, 0.15) is 22.8 Å². The number of carbonyl (C=O) groups is 1. The summed E-state index contributed by atoms with van der Waals surface area (Å²) in [4.78, 5) is 10.8. The predicted octanol–water partition coefficient (Wildman–Crippen LogP) is 0.855. The lowest BCUT2D eigenvalue weighted by Gasteiger charge is -2.08. The van der Waals surface area contributed by atoms with E-state index in [1.54, 1.807) is 31.2 Å². The molecule has 0 saturated carbocycles. The number of rotatable bonds is 5. The van der Waals surface area contributed by atoms with Gasteiger partial charge in [-0.05, 0) is 18.6 Å². The van der Waals surface area contributed by atoms with Crippen molar-refractivity contribution >= 4 is 5.97 Å². The van der Waals surface area contributed by atoms with E-state index in [1.165, 1.54) is 0 Å². The Morgan fingerprint density at radius 1 is 1.47 bits per heavy atom. The molecule has 0 amide bonds. The number of aliphatic hydroxyl groups excluding tert-OH is 1. The first kappa shape index (κ1) is 11.7. The zero-order chi connectivity index (χ0) is 11.3. The van der Waals surface area contributed by atoms with Crippen LogP contribution in [0.25, 0.3) is 0 Å². The van der Waals surface area contributed by atoms with Crippen molar-refractivity contribution in [1.82, 2.24) is 5.32 Å². The van der Waals surface area contributed by atoms with E-state index < -0.39 is 12.1 Å². The number of benzene rings is 1. The zero-order valence-corrected chi connectivity index (χ0v) is 8.60. The number of aromatic carboxylic acids is 1. The summed E-state index contributed by atoms with van der Waals surface area (Å²) in [6.07, 6.45) is -0.429. The Labute approximate surface area is 88.6 Å². The highest BCUT2D eigenvalue weighted by Gasteiger charge is 2.08. The molecule has 0 spiro atoms. The summed E-state index contributed by atoms with van der Waals surface area (Å²) in [5.74, 6) is -0.926. The molecule has 0 aromatic heterocycles. The lowest BCUT2D eigenvalue weighted by molar-refractivity contribution is 0.0695. The predicted molar refractivity (Wildman–Crippen MR) is 56.8 cm³/mol. The largest absolute Gasteiger partial charge is 0.478 e. The Morgan fingerprint density at radius 3 is 2.73 bits per heavy atom. The Morgan fingerprint density at radius 2 is 2.13 bits per heavy atom. The molecule has 0 aliphatic heterocycles.